The summed E-state index contributed by atoms with van der Waals surface area (Å²) in [5.74, 6) is 1.20. The van der Waals surface area contributed by atoms with Gasteiger partial charge in [0.2, 0.25) is 5.16 Å². The van der Waals surface area contributed by atoms with Crippen LogP contribution in [0.3, 0.4) is 0 Å². The van der Waals surface area contributed by atoms with Crippen molar-refractivity contribution in [2.24, 2.45) is 0 Å². The smallest absolute Gasteiger partial charge is 0.208 e. The molecule has 17 heavy (non-hydrogen) atoms. The van der Waals surface area contributed by atoms with E-state index in [2.05, 4.69) is 15.2 Å². The Hall–Kier alpha value is -0.750. The van der Waals surface area contributed by atoms with Crippen LogP contribution in [-0.4, -0.2) is 32.6 Å². The number of hydrogen-bond donors (Lipinski definition) is 2. The van der Waals surface area contributed by atoms with Crippen LogP contribution in [0.1, 0.15) is 0 Å². The van der Waals surface area contributed by atoms with E-state index in [0.717, 1.165) is 5.56 Å². The van der Waals surface area contributed by atoms with E-state index in [1.165, 1.54) is 11.8 Å². The highest BCUT2D eigenvalue weighted by molar-refractivity contribution is 7.99. The second-order valence-electron chi connectivity index (χ2n) is 3.17. The van der Waals surface area contributed by atoms with Gasteiger partial charge in [0.1, 0.15) is 0 Å². The zero-order valence-corrected chi connectivity index (χ0v) is 11.0. The van der Waals surface area contributed by atoms with Gasteiger partial charge in [0.05, 0.1) is 16.7 Å². The van der Waals surface area contributed by atoms with Gasteiger partial charge in [0.25, 0.3) is 0 Å². The van der Waals surface area contributed by atoms with Gasteiger partial charge in [-0.05, 0) is 18.2 Å². The van der Waals surface area contributed by atoms with Gasteiger partial charge in [-0.3, -0.25) is 5.10 Å². The third kappa shape index (κ3) is 3.13. The molecule has 7 heteroatoms. The molecule has 0 saturated heterocycles. The summed E-state index contributed by atoms with van der Waals surface area (Å²) < 4.78 is 0. The number of aromatic nitrogens is 3. The molecule has 0 radical (unpaired) electrons. The number of aliphatic hydroxyl groups excluding tert-OH is 1. The van der Waals surface area contributed by atoms with Crippen molar-refractivity contribution in [2.75, 3.05) is 12.4 Å². The summed E-state index contributed by atoms with van der Waals surface area (Å²) in [6.45, 7) is 0.0985. The molecule has 1 heterocycles. The molecule has 1 aromatic heterocycles. The number of hydrogen-bond acceptors (Lipinski definition) is 4. The van der Waals surface area contributed by atoms with Crippen molar-refractivity contribution in [3.05, 3.63) is 28.2 Å². The average Bonchev–Trinajstić information content (AvgIpc) is 2.79. The summed E-state index contributed by atoms with van der Waals surface area (Å²) in [5, 5.41) is 17.1. The molecule has 0 aliphatic rings. The fourth-order valence-corrected chi connectivity index (χ4v) is 2.06. The van der Waals surface area contributed by atoms with Gasteiger partial charge in [-0.2, -0.15) is 0 Å². The Morgan fingerprint density at radius 1 is 1.29 bits per heavy atom. The monoisotopic (exact) mass is 289 g/mol. The summed E-state index contributed by atoms with van der Waals surface area (Å²) >= 11 is 13.1. The topological polar surface area (TPSA) is 61.8 Å². The van der Waals surface area contributed by atoms with Crippen molar-refractivity contribution in [1.29, 1.82) is 0 Å². The van der Waals surface area contributed by atoms with Gasteiger partial charge in [-0.25, -0.2) is 4.98 Å². The molecular weight excluding hydrogens is 281 g/mol. The predicted molar refractivity (Wildman–Crippen MR) is 69.6 cm³/mol. The van der Waals surface area contributed by atoms with E-state index < -0.39 is 0 Å². The minimum atomic E-state index is 0.0985. The third-order valence-corrected chi connectivity index (χ3v) is 3.55. The number of aromatic amines is 1. The molecule has 90 valence electrons. The molecule has 0 spiro atoms. The highest BCUT2D eigenvalue weighted by atomic mass is 35.5. The van der Waals surface area contributed by atoms with Crippen LogP contribution in [0, 0.1) is 0 Å². The van der Waals surface area contributed by atoms with Crippen LogP contribution < -0.4 is 0 Å². The van der Waals surface area contributed by atoms with E-state index in [4.69, 9.17) is 28.3 Å². The van der Waals surface area contributed by atoms with E-state index >= 15 is 0 Å². The van der Waals surface area contributed by atoms with Crippen molar-refractivity contribution < 1.29 is 5.11 Å². The van der Waals surface area contributed by atoms with E-state index in [1.54, 1.807) is 12.1 Å². The number of thioether (sulfide) groups is 1. The molecule has 2 rings (SSSR count). The first kappa shape index (κ1) is 12.7. The third-order valence-electron chi connectivity index (χ3n) is 1.98. The van der Waals surface area contributed by atoms with Crippen molar-refractivity contribution >= 4 is 35.0 Å². The lowest BCUT2D eigenvalue weighted by Gasteiger charge is -1.98. The number of nitrogens with zero attached hydrogens (tertiary/aromatic N) is 2. The maximum absolute atomic E-state index is 8.70. The Labute approximate surface area is 112 Å². The summed E-state index contributed by atoms with van der Waals surface area (Å²) in [7, 11) is 0. The van der Waals surface area contributed by atoms with Crippen LogP contribution in [0.5, 0.6) is 0 Å². The van der Waals surface area contributed by atoms with Crippen LogP contribution in [0.2, 0.25) is 10.0 Å². The van der Waals surface area contributed by atoms with Gasteiger partial charge < -0.3 is 5.11 Å². The summed E-state index contributed by atoms with van der Waals surface area (Å²) in [4.78, 5) is 4.27. The standard InChI is InChI=1S/C10H9Cl2N3OS/c11-7-2-1-6(5-8(7)12)9-13-10(15-14-9)17-4-3-16/h1-2,5,16H,3-4H2,(H,13,14,15). The zero-order valence-electron chi connectivity index (χ0n) is 8.65. The van der Waals surface area contributed by atoms with Crippen LogP contribution in [-0.2, 0) is 0 Å². The molecule has 0 fully saturated rings. The Kier molecular flexibility index (Phi) is 4.28. The number of aliphatic hydroxyl groups is 1. The van der Waals surface area contributed by atoms with Gasteiger partial charge in [-0.1, -0.05) is 35.0 Å². The van der Waals surface area contributed by atoms with Gasteiger partial charge in [0.15, 0.2) is 5.82 Å². The number of nitrogens with one attached hydrogen (secondary N) is 1. The number of benzene rings is 1. The molecule has 0 atom stereocenters. The first-order valence-electron chi connectivity index (χ1n) is 4.82. The number of H-pyrrole nitrogens is 1. The largest absolute Gasteiger partial charge is 0.396 e. The van der Waals surface area contributed by atoms with Gasteiger partial charge >= 0.3 is 0 Å². The molecule has 0 aliphatic carbocycles. The SMILES string of the molecule is OCCSc1n[nH]c(-c2ccc(Cl)c(Cl)c2)n1. The lowest BCUT2D eigenvalue weighted by Crippen LogP contribution is -1.86. The molecule has 0 bridgehead atoms. The second kappa shape index (κ2) is 5.73. The maximum atomic E-state index is 8.70. The highest BCUT2D eigenvalue weighted by Crippen LogP contribution is 2.27. The molecule has 2 aromatic rings. The average molecular weight is 290 g/mol. The van der Waals surface area contributed by atoms with E-state index in [9.17, 15) is 0 Å². The normalized spacial score (nSPS) is 10.8. The van der Waals surface area contributed by atoms with Crippen LogP contribution in [0.25, 0.3) is 11.4 Å². The van der Waals surface area contributed by atoms with Crippen LogP contribution >= 0.6 is 35.0 Å². The van der Waals surface area contributed by atoms with Crippen molar-refractivity contribution in [3.63, 3.8) is 0 Å². The Bertz CT molecular complexity index is 518. The minimum Gasteiger partial charge on any atom is -0.396 e. The molecule has 0 amide bonds. The molecule has 0 saturated carbocycles. The second-order valence-corrected chi connectivity index (χ2v) is 5.04. The Balaban J connectivity index is 2.21. The van der Waals surface area contributed by atoms with E-state index in [-0.39, 0.29) is 6.61 Å². The molecule has 1 aromatic carbocycles. The van der Waals surface area contributed by atoms with Gasteiger partial charge in [-0.15, -0.1) is 5.10 Å². The Morgan fingerprint density at radius 3 is 2.82 bits per heavy atom. The highest BCUT2D eigenvalue weighted by Gasteiger charge is 2.07. The molecule has 0 unspecified atom stereocenters. The van der Waals surface area contributed by atoms with E-state index in [1.807, 2.05) is 6.07 Å². The molecule has 2 N–H and O–H groups in total. The summed E-state index contributed by atoms with van der Waals surface area (Å²) in [5.41, 5.74) is 0.822. The maximum Gasteiger partial charge on any atom is 0.208 e. The Morgan fingerprint density at radius 2 is 2.12 bits per heavy atom. The van der Waals surface area contributed by atoms with Crippen molar-refractivity contribution in [2.45, 2.75) is 5.16 Å². The zero-order chi connectivity index (χ0) is 12.3. The quantitative estimate of drug-likeness (QED) is 0.850. The minimum absolute atomic E-state index is 0.0985. The van der Waals surface area contributed by atoms with E-state index in [0.29, 0.717) is 26.8 Å². The molecule has 0 aliphatic heterocycles. The van der Waals surface area contributed by atoms with Gasteiger partial charge in [0, 0.05) is 11.3 Å². The first-order chi connectivity index (χ1) is 8.20. The lowest BCUT2D eigenvalue weighted by atomic mass is 10.2. The van der Waals surface area contributed by atoms with Crippen molar-refractivity contribution in [1.82, 2.24) is 15.2 Å². The van der Waals surface area contributed by atoms with Crippen molar-refractivity contribution in [3.8, 4) is 11.4 Å². The summed E-state index contributed by atoms with van der Waals surface area (Å²) in [6, 6.07) is 5.25. The molecule has 4 nitrogen and oxygen atoms in total. The fraction of sp³-hybridized carbons (Fsp3) is 0.200. The number of halogens is 2. The summed E-state index contributed by atoms with van der Waals surface area (Å²) in [6.07, 6.45) is 0. The number of rotatable bonds is 4. The van der Waals surface area contributed by atoms with Crippen LogP contribution in [0.4, 0.5) is 0 Å². The lowest BCUT2D eigenvalue weighted by molar-refractivity contribution is 0.322. The molecular formula is C10H9Cl2N3OS. The van der Waals surface area contributed by atoms with Crippen LogP contribution in [0.15, 0.2) is 23.4 Å². The first-order valence-corrected chi connectivity index (χ1v) is 6.56. The predicted octanol–water partition coefficient (Wildman–Crippen LogP) is 2.86. The fourth-order valence-electron chi connectivity index (χ4n) is 1.22.